The van der Waals surface area contributed by atoms with Crippen LogP contribution >= 0.6 is 0 Å². The van der Waals surface area contributed by atoms with Gasteiger partial charge < -0.3 is 30.7 Å². The van der Waals surface area contributed by atoms with Gasteiger partial charge in [-0.15, -0.1) is 0 Å². The number of hydrogen-bond donors (Lipinski definition) is 2. The molecule has 0 unspecified atom stereocenters. The van der Waals surface area contributed by atoms with Crippen molar-refractivity contribution in [2.24, 2.45) is 5.41 Å². The van der Waals surface area contributed by atoms with Crippen LogP contribution < -0.4 is 16.0 Å². The highest BCUT2D eigenvalue weighted by atomic mass is 16.2. The maximum absolute atomic E-state index is 13.6. The minimum absolute atomic E-state index is 0.0233. The van der Waals surface area contributed by atoms with E-state index in [1.165, 1.54) is 6.20 Å². The van der Waals surface area contributed by atoms with Gasteiger partial charge in [0.2, 0.25) is 5.91 Å². The molecule has 2 saturated heterocycles. The van der Waals surface area contributed by atoms with Crippen LogP contribution in [0.15, 0.2) is 36.5 Å². The molecule has 3 N–H and O–H groups in total. The van der Waals surface area contributed by atoms with Gasteiger partial charge in [-0.25, -0.2) is 4.98 Å². The number of likely N-dealkylation sites (N-methyl/N-ethyl adjacent to an activating group) is 1. The number of nitrogen functional groups attached to an aromatic ring is 1. The van der Waals surface area contributed by atoms with E-state index >= 15 is 0 Å². The second-order valence-corrected chi connectivity index (χ2v) is 11.8. The van der Waals surface area contributed by atoms with E-state index in [0.717, 1.165) is 37.4 Å². The topological polar surface area (TPSA) is 115 Å². The molecule has 0 saturated carbocycles. The Morgan fingerprint density at radius 3 is 2.36 bits per heavy atom. The van der Waals surface area contributed by atoms with Crippen LogP contribution in [0, 0.1) is 12.3 Å². The van der Waals surface area contributed by atoms with Gasteiger partial charge in [0.15, 0.2) is 0 Å². The van der Waals surface area contributed by atoms with Crippen molar-refractivity contribution >= 4 is 34.9 Å². The standard InChI is InChI=1S/C29H41N7O3/c1-19-14-22(16-31-25(19)30)32-26(37)27(38)36-17-20(2)35(28(39)29(3,4)5)18-24(36)21-8-7-9-23(15-21)34-12-10-33(6)11-13-34/h7-9,14-16,20,24H,10-13,17-18H2,1-6H3,(H2,30,31)(H,32,37)/t20-,24-/m1/s1. The van der Waals surface area contributed by atoms with Gasteiger partial charge in [-0.2, -0.15) is 0 Å². The maximum atomic E-state index is 13.6. The molecule has 210 valence electrons. The number of benzene rings is 1. The fourth-order valence-electron chi connectivity index (χ4n) is 5.16. The SMILES string of the molecule is Cc1cc(NC(=O)C(=O)N2C[C@@H](C)N(C(=O)C(C)(C)C)C[C@@H]2c2cccc(N3CCN(C)CC3)c2)cnc1N. The summed E-state index contributed by atoms with van der Waals surface area (Å²) in [5.41, 5.74) is 8.32. The number of pyridine rings is 1. The molecule has 3 amide bonds. The number of amides is 3. The number of carbonyl (C=O) groups is 3. The molecule has 2 atom stereocenters. The van der Waals surface area contributed by atoms with Gasteiger partial charge in [-0.3, -0.25) is 14.4 Å². The molecule has 1 aromatic heterocycles. The summed E-state index contributed by atoms with van der Waals surface area (Å²) in [6.45, 7) is 13.7. The van der Waals surface area contributed by atoms with Crippen molar-refractivity contribution in [2.75, 3.05) is 62.3 Å². The van der Waals surface area contributed by atoms with Crippen molar-refractivity contribution in [1.29, 1.82) is 0 Å². The van der Waals surface area contributed by atoms with Crippen LogP contribution in [0.3, 0.4) is 0 Å². The summed E-state index contributed by atoms with van der Waals surface area (Å²) in [4.78, 5) is 52.3. The van der Waals surface area contributed by atoms with E-state index in [4.69, 9.17) is 5.73 Å². The Labute approximate surface area is 231 Å². The number of nitrogens with two attached hydrogens (primary N) is 1. The van der Waals surface area contributed by atoms with Crippen molar-refractivity contribution < 1.29 is 14.4 Å². The molecule has 2 aliphatic rings. The highest BCUT2D eigenvalue weighted by Gasteiger charge is 2.42. The summed E-state index contributed by atoms with van der Waals surface area (Å²) in [6.07, 6.45) is 1.44. The largest absolute Gasteiger partial charge is 0.383 e. The summed E-state index contributed by atoms with van der Waals surface area (Å²) in [6, 6.07) is 9.11. The van der Waals surface area contributed by atoms with Gasteiger partial charge in [0.25, 0.3) is 0 Å². The van der Waals surface area contributed by atoms with Crippen molar-refractivity contribution in [3.8, 4) is 0 Å². The van der Waals surface area contributed by atoms with Crippen LogP contribution in [0.5, 0.6) is 0 Å². The van der Waals surface area contributed by atoms with Crippen LogP contribution in [0.25, 0.3) is 0 Å². The molecule has 3 heterocycles. The monoisotopic (exact) mass is 535 g/mol. The van der Waals surface area contributed by atoms with Crippen molar-refractivity contribution in [3.05, 3.63) is 47.7 Å². The lowest BCUT2D eigenvalue weighted by atomic mass is 9.91. The Bertz CT molecular complexity index is 1230. The highest BCUT2D eigenvalue weighted by Crippen LogP contribution is 2.33. The number of nitrogens with zero attached hydrogens (tertiary/aromatic N) is 5. The van der Waals surface area contributed by atoms with Crippen molar-refractivity contribution in [3.63, 3.8) is 0 Å². The zero-order valence-corrected chi connectivity index (χ0v) is 23.9. The molecular weight excluding hydrogens is 494 g/mol. The first-order chi connectivity index (χ1) is 18.3. The van der Waals surface area contributed by atoms with E-state index < -0.39 is 23.3 Å². The van der Waals surface area contributed by atoms with E-state index in [1.54, 1.807) is 17.9 Å². The maximum Gasteiger partial charge on any atom is 0.313 e. The zero-order chi connectivity index (χ0) is 28.5. The number of hydrogen-bond acceptors (Lipinski definition) is 7. The van der Waals surface area contributed by atoms with E-state index in [9.17, 15) is 14.4 Å². The second-order valence-electron chi connectivity index (χ2n) is 11.8. The Morgan fingerprint density at radius 1 is 1.03 bits per heavy atom. The summed E-state index contributed by atoms with van der Waals surface area (Å²) in [5.74, 6) is -0.999. The first kappa shape index (κ1) is 28.4. The molecule has 10 nitrogen and oxygen atoms in total. The first-order valence-corrected chi connectivity index (χ1v) is 13.5. The molecule has 0 radical (unpaired) electrons. The van der Waals surface area contributed by atoms with Crippen molar-refractivity contribution in [2.45, 2.75) is 46.7 Å². The van der Waals surface area contributed by atoms with Gasteiger partial charge >= 0.3 is 11.8 Å². The molecule has 4 rings (SSSR count). The first-order valence-electron chi connectivity index (χ1n) is 13.5. The van der Waals surface area contributed by atoms with Crippen LogP contribution in [-0.2, 0) is 14.4 Å². The summed E-state index contributed by atoms with van der Waals surface area (Å²) >= 11 is 0. The van der Waals surface area contributed by atoms with E-state index in [-0.39, 0.29) is 18.5 Å². The fraction of sp³-hybridized carbons (Fsp3) is 0.517. The molecule has 0 spiro atoms. The molecule has 2 fully saturated rings. The molecule has 0 bridgehead atoms. The Kier molecular flexibility index (Phi) is 8.15. The molecule has 2 aliphatic heterocycles. The Hall–Kier alpha value is -3.66. The number of carbonyl (C=O) groups excluding carboxylic acids is 3. The summed E-state index contributed by atoms with van der Waals surface area (Å²) in [5, 5.41) is 2.68. The average molecular weight is 536 g/mol. The van der Waals surface area contributed by atoms with Gasteiger partial charge in [0.05, 0.1) is 17.9 Å². The lowest BCUT2D eigenvalue weighted by Gasteiger charge is -2.47. The van der Waals surface area contributed by atoms with Gasteiger partial charge in [-0.1, -0.05) is 32.9 Å². The van der Waals surface area contributed by atoms with Gasteiger partial charge in [-0.05, 0) is 50.2 Å². The van der Waals surface area contributed by atoms with Crippen LogP contribution in [0.2, 0.25) is 0 Å². The predicted molar refractivity (Wildman–Crippen MR) is 153 cm³/mol. The predicted octanol–water partition coefficient (Wildman–Crippen LogP) is 2.51. The zero-order valence-electron chi connectivity index (χ0n) is 23.9. The smallest absolute Gasteiger partial charge is 0.313 e. The van der Waals surface area contributed by atoms with Crippen LogP contribution in [-0.4, -0.2) is 89.8 Å². The average Bonchev–Trinajstić information content (AvgIpc) is 2.89. The van der Waals surface area contributed by atoms with E-state index in [1.807, 2.05) is 44.7 Å². The number of piperazine rings is 2. The van der Waals surface area contributed by atoms with Gasteiger partial charge in [0.1, 0.15) is 5.82 Å². The lowest BCUT2D eigenvalue weighted by molar-refractivity contribution is -0.154. The number of aromatic nitrogens is 1. The van der Waals surface area contributed by atoms with Crippen molar-refractivity contribution in [1.82, 2.24) is 19.7 Å². The normalized spacial score (nSPS) is 20.6. The van der Waals surface area contributed by atoms with E-state index in [0.29, 0.717) is 23.6 Å². The van der Waals surface area contributed by atoms with Gasteiger partial charge in [0, 0.05) is 56.4 Å². The summed E-state index contributed by atoms with van der Waals surface area (Å²) < 4.78 is 0. The molecular formula is C29H41N7O3. The molecule has 10 heteroatoms. The van der Waals surface area contributed by atoms with E-state index in [2.05, 4.69) is 39.3 Å². The minimum atomic E-state index is -0.746. The Morgan fingerprint density at radius 2 is 1.72 bits per heavy atom. The van der Waals surface area contributed by atoms with Crippen LogP contribution in [0.4, 0.5) is 17.2 Å². The third kappa shape index (κ3) is 6.33. The number of nitrogens with one attached hydrogen (secondary N) is 1. The molecule has 0 aliphatic carbocycles. The third-order valence-corrected chi connectivity index (χ3v) is 7.60. The summed E-state index contributed by atoms with van der Waals surface area (Å²) in [7, 11) is 2.12. The van der Waals surface area contributed by atoms with Crippen LogP contribution in [0.1, 0.15) is 44.9 Å². The number of anilines is 3. The quantitative estimate of drug-likeness (QED) is 0.581. The second kappa shape index (κ2) is 11.2. The highest BCUT2D eigenvalue weighted by molar-refractivity contribution is 6.39. The minimum Gasteiger partial charge on any atom is -0.383 e. The molecule has 2 aromatic rings. The Balaban J connectivity index is 1.64. The molecule has 39 heavy (non-hydrogen) atoms. The fourth-order valence-corrected chi connectivity index (χ4v) is 5.16. The number of aryl methyl sites for hydroxylation is 1. The third-order valence-electron chi connectivity index (χ3n) is 7.60. The lowest BCUT2D eigenvalue weighted by Crippen LogP contribution is -2.60. The number of rotatable bonds is 3. The molecule has 1 aromatic carbocycles.